The number of amides is 1. The molecule has 0 bridgehead atoms. The first-order chi connectivity index (χ1) is 15.2. The minimum Gasteiger partial charge on any atom is -0.486 e. The van der Waals surface area contributed by atoms with Gasteiger partial charge in [0.15, 0.2) is 22.8 Å². The summed E-state index contributed by atoms with van der Waals surface area (Å²) in [6, 6.07) is 15.6. The van der Waals surface area contributed by atoms with Crippen LogP contribution in [0.1, 0.15) is 6.92 Å². The molecular formula is C23H27N3O4S. The van der Waals surface area contributed by atoms with Crippen molar-refractivity contribution in [2.75, 3.05) is 39.2 Å². The Morgan fingerprint density at radius 3 is 2.81 bits per heavy atom. The molecule has 0 spiro atoms. The first-order valence-corrected chi connectivity index (χ1v) is 11.4. The van der Waals surface area contributed by atoms with E-state index in [4.69, 9.17) is 19.2 Å². The van der Waals surface area contributed by atoms with Crippen LogP contribution in [0.25, 0.3) is 11.0 Å². The summed E-state index contributed by atoms with van der Waals surface area (Å²) in [6.45, 7) is 4.79. The number of hydrogen-bond acceptors (Lipinski definition) is 6. The normalized spacial score (nSPS) is 15.2. The number of imidazole rings is 1. The number of aromatic nitrogens is 2. The lowest BCUT2D eigenvalue weighted by Crippen LogP contribution is -2.44. The number of methoxy groups -OCH3 is 1. The highest BCUT2D eigenvalue weighted by Crippen LogP contribution is 2.31. The Hall–Kier alpha value is -2.71. The van der Waals surface area contributed by atoms with Crippen molar-refractivity contribution in [1.82, 2.24) is 14.5 Å². The number of ether oxygens (including phenoxy) is 3. The van der Waals surface area contributed by atoms with Gasteiger partial charge in [0.25, 0.3) is 0 Å². The number of nitrogens with zero attached hydrogens (tertiary/aromatic N) is 3. The average molecular weight is 442 g/mol. The average Bonchev–Trinajstić information content (AvgIpc) is 3.16. The number of fused-ring (bicyclic) bond motifs is 2. The zero-order valence-electron chi connectivity index (χ0n) is 17.8. The van der Waals surface area contributed by atoms with Gasteiger partial charge in [-0.1, -0.05) is 36.0 Å². The molecule has 0 radical (unpaired) electrons. The maximum Gasteiger partial charge on any atom is 0.233 e. The number of thioether (sulfide) groups is 1. The predicted octanol–water partition coefficient (Wildman–Crippen LogP) is 3.46. The van der Waals surface area contributed by atoms with Crippen molar-refractivity contribution in [2.45, 2.75) is 24.7 Å². The molecule has 1 atom stereocenters. The third-order valence-corrected chi connectivity index (χ3v) is 6.15. The van der Waals surface area contributed by atoms with Crippen LogP contribution in [0.15, 0.2) is 53.7 Å². The lowest BCUT2D eigenvalue weighted by atomic mass is 10.2. The summed E-state index contributed by atoms with van der Waals surface area (Å²) in [5, 5.41) is 0.828. The van der Waals surface area contributed by atoms with Crippen molar-refractivity contribution in [3.63, 3.8) is 0 Å². The second-order valence-electron chi connectivity index (χ2n) is 7.25. The Kier molecular flexibility index (Phi) is 6.99. The predicted molar refractivity (Wildman–Crippen MR) is 121 cm³/mol. The molecule has 1 aliphatic rings. The van der Waals surface area contributed by atoms with Crippen molar-refractivity contribution in [1.29, 1.82) is 0 Å². The highest BCUT2D eigenvalue weighted by atomic mass is 32.2. The summed E-state index contributed by atoms with van der Waals surface area (Å²) in [4.78, 5) is 19.5. The first-order valence-electron chi connectivity index (χ1n) is 10.4. The molecule has 1 amide bonds. The molecule has 164 valence electrons. The van der Waals surface area contributed by atoms with E-state index in [0.717, 1.165) is 27.7 Å². The van der Waals surface area contributed by atoms with Gasteiger partial charge in [0.05, 0.1) is 29.9 Å². The number of para-hydroxylation sites is 4. The van der Waals surface area contributed by atoms with Crippen molar-refractivity contribution in [3.8, 4) is 11.5 Å². The van der Waals surface area contributed by atoms with Gasteiger partial charge in [0, 0.05) is 20.2 Å². The topological polar surface area (TPSA) is 65.8 Å². The maximum absolute atomic E-state index is 13.0. The molecule has 1 aromatic heterocycles. The molecule has 3 aromatic rings. The molecule has 0 saturated carbocycles. The fourth-order valence-corrected chi connectivity index (χ4v) is 4.53. The third kappa shape index (κ3) is 4.97. The number of benzene rings is 2. The van der Waals surface area contributed by atoms with E-state index in [0.29, 0.717) is 38.6 Å². The molecule has 4 rings (SSSR count). The highest BCUT2D eigenvalue weighted by Gasteiger charge is 2.25. The molecule has 0 saturated heterocycles. The third-order valence-electron chi connectivity index (χ3n) is 5.19. The molecule has 7 nitrogen and oxygen atoms in total. The van der Waals surface area contributed by atoms with E-state index in [9.17, 15) is 4.79 Å². The van der Waals surface area contributed by atoms with Crippen LogP contribution < -0.4 is 9.47 Å². The summed E-state index contributed by atoms with van der Waals surface area (Å²) in [7, 11) is 1.68. The second-order valence-corrected chi connectivity index (χ2v) is 8.19. The van der Waals surface area contributed by atoms with Crippen LogP contribution in [0.5, 0.6) is 11.5 Å². The fourth-order valence-electron chi connectivity index (χ4n) is 3.59. The Balaban J connectivity index is 1.39. The van der Waals surface area contributed by atoms with E-state index in [2.05, 4.69) is 4.57 Å². The van der Waals surface area contributed by atoms with Crippen LogP contribution >= 0.6 is 11.8 Å². The van der Waals surface area contributed by atoms with Crippen LogP contribution in [-0.2, 0) is 16.1 Å². The van der Waals surface area contributed by atoms with Crippen molar-refractivity contribution in [2.24, 2.45) is 0 Å². The van der Waals surface area contributed by atoms with Crippen molar-refractivity contribution in [3.05, 3.63) is 48.5 Å². The molecule has 2 heterocycles. The Morgan fingerprint density at radius 2 is 2.00 bits per heavy atom. The molecule has 2 aromatic carbocycles. The number of carbonyl (C=O) groups excluding carboxylic acids is 1. The lowest BCUT2D eigenvalue weighted by molar-refractivity contribution is -0.129. The Morgan fingerprint density at radius 1 is 1.23 bits per heavy atom. The molecule has 0 unspecified atom stereocenters. The summed E-state index contributed by atoms with van der Waals surface area (Å²) in [5.74, 6) is 1.84. The zero-order valence-corrected chi connectivity index (χ0v) is 18.6. The van der Waals surface area contributed by atoms with Gasteiger partial charge in [-0.05, 0) is 31.2 Å². The van der Waals surface area contributed by atoms with E-state index in [-0.39, 0.29) is 12.0 Å². The molecular weight excluding hydrogens is 414 g/mol. The quantitative estimate of drug-likeness (QED) is 0.474. The minimum absolute atomic E-state index is 0.0558. The van der Waals surface area contributed by atoms with Gasteiger partial charge < -0.3 is 23.7 Å². The monoisotopic (exact) mass is 441 g/mol. The molecule has 0 fully saturated rings. The van der Waals surface area contributed by atoms with E-state index in [1.54, 1.807) is 7.11 Å². The fraction of sp³-hybridized carbons (Fsp3) is 0.391. The summed E-state index contributed by atoms with van der Waals surface area (Å²) in [5.41, 5.74) is 1.97. The molecule has 0 aliphatic carbocycles. The highest BCUT2D eigenvalue weighted by molar-refractivity contribution is 7.99. The largest absolute Gasteiger partial charge is 0.486 e. The number of rotatable bonds is 9. The molecule has 8 heteroatoms. The van der Waals surface area contributed by atoms with E-state index < -0.39 is 0 Å². The zero-order chi connectivity index (χ0) is 21.6. The van der Waals surface area contributed by atoms with Gasteiger partial charge in [-0.25, -0.2) is 4.98 Å². The van der Waals surface area contributed by atoms with E-state index >= 15 is 0 Å². The first kappa shape index (κ1) is 21.5. The van der Waals surface area contributed by atoms with Gasteiger partial charge in [-0.3, -0.25) is 4.79 Å². The van der Waals surface area contributed by atoms with Crippen molar-refractivity contribution < 1.29 is 19.0 Å². The maximum atomic E-state index is 13.0. The van der Waals surface area contributed by atoms with Gasteiger partial charge >= 0.3 is 0 Å². The van der Waals surface area contributed by atoms with Gasteiger partial charge in [0.1, 0.15) is 6.61 Å². The summed E-state index contributed by atoms with van der Waals surface area (Å²) in [6.07, 6.45) is -0.185. The smallest absolute Gasteiger partial charge is 0.233 e. The Bertz CT molecular complexity index is 1040. The van der Waals surface area contributed by atoms with Crippen LogP contribution in [0.3, 0.4) is 0 Å². The van der Waals surface area contributed by atoms with E-state index in [1.807, 2.05) is 60.4 Å². The van der Waals surface area contributed by atoms with Crippen LogP contribution in [-0.4, -0.2) is 65.6 Å². The van der Waals surface area contributed by atoms with Gasteiger partial charge in [0.2, 0.25) is 5.91 Å². The molecule has 31 heavy (non-hydrogen) atoms. The van der Waals surface area contributed by atoms with Crippen LogP contribution in [0.4, 0.5) is 0 Å². The standard InChI is InChI=1S/C23H27N3O4S/c1-3-25(14-17-15-29-20-10-6-7-11-21(20)30-17)22(27)16-31-23-24-18-8-4-5-9-19(18)26(23)12-13-28-2/h4-11,17H,3,12-16H2,1-2H3/t17-/m1/s1. The minimum atomic E-state index is -0.185. The Labute approximate surface area is 186 Å². The molecule has 1 aliphatic heterocycles. The number of carbonyl (C=O) groups is 1. The second kappa shape index (κ2) is 10.1. The summed E-state index contributed by atoms with van der Waals surface area (Å²) >= 11 is 1.46. The van der Waals surface area contributed by atoms with Gasteiger partial charge in [-0.15, -0.1) is 0 Å². The van der Waals surface area contributed by atoms with Crippen LogP contribution in [0, 0.1) is 0 Å². The summed E-state index contributed by atoms with van der Waals surface area (Å²) < 4.78 is 19.2. The number of likely N-dealkylation sites (N-methyl/N-ethyl adjacent to an activating group) is 1. The van der Waals surface area contributed by atoms with Gasteiger partial charge in [-0.2, -0.15) is 0 Å². The van der Waals surface area contributed by atoms with Crippen molar-refractivity contribution >= 4 is 28.7 Å². The molecule has 0 N–H and O–H groups in total. The lowest BCUT2D eigenvalue weighted by Gasteiger charge is -2.30. The van der Waals surface area contributed by atoms with E-state index in [1.165, 1.54) is 11.8 Å². The van der Waals surface area contributed by atoms with Crippen LogP contribution in [0.2, 0.25) is 0 Å². The SMILES string of the molecule is CCN(C[C@@H]1COc2ccccc2O1)C(=O)CSc1nc2ccccc2n1CCOC. The number of hydrogen-bond donors (Lipinski definition) is 0.